The van der Waals surface area contributed by atoms with Crippen molar-refractivity contribution in [3.8, 4) is 11.5 Å². The Morgan fingerprint density at radius 1 is 0.826 bits per heavy atom. The molecule has 1 rings (SSSR count). The summed E-state index contributed by atoms with van der Waals surface area (Å²) in [5.41, 5.74) is 8.10. The Balaban J connectivity index is 2.07. The first-order chi connectivity index (χ1) is 11.4. The molecule has 0 unspecified atom stereocenters. The van der Waals surface area contributed by atoms with E-state index in [-0.39, 0.29) is 0 Å². The third-order valence-corrected chi connectivity index (χ3v) is 2.65. The Labute approximate surface area is 135 Å². The minimum absolute atomic E-state index is 0.331. The van der Waals surface area contributed by atoms with E-state index < -0.39 is 0 Å². The van der Waals surface area contributed by atoms with Crippen LogP contribution in [0.2, 0.25) is 0 Å². The SMILES string of the molecule is COCCOCCOc1ccc(OCCOCCN=[N+]=[N-])cc1. The lowest BCUT2D eigenvalue weighted by atomic mass is 10.3. The first kappa shape index (κ1) is 19.1. The van der Waals surface area contributed by atoms with E-state index >= 15 is 0 Å². The Hall–Kier alpha value is -1.99. The lowest BCUT2D eigenvalue weighted by molar-refractivity contribution is 0.0544. The molecule has 0 aromatic heterocycles. The molecule has 0 spiro atoms. The van der Waals surface area contributed by atoms with E-state index in [4.69, 9.17) is 29.2 Å². The van der Waals surface area contributed by atoms with Crippen LogP contribution in [0.15, 0.2) is 29.4 Å². The van der Waals surface area contributed by atoms with Gasteiger partial charge in [0.2, 0.25) is 0 Å². The monoisotopic (exact) mass is 325 g/mol. The van der Waals surface area contributed by atoms with E-state index in [1.165, 1.54) is 0 Å². The normalized spacial score (nSPS) is 10.1. The fraction of sp³-hybridized carbons (Fsp3) is 0.600. The van der Waals surface area contributed by atoms with Crippen LogP contribution in [0.1, 0.15) is 0 Å². The van der Waals surface area contributed by atoms with Crippen molar-refractivity contribution in [2.45, 2.75) is 0 Å². The molecular formula is C15H23N3O5. The summed E-state index contributed by atoms with van der Waals surface area (Å²) >= 11 is 0. The second kappa shape index (κ2) is 13.7. The van der Waals surface area contributed by atoms with Crippen molar-refractivity contribution >= 4 is 0 Å². The van der Waals surface area contributed by atoms with Crippen LogP contribution in [0.4, 0.5) is 0 Å². The molecule has 0 bridgehead atoms. The first-order valence-corrected chi connectivity index (χ1v) is 7.37. The summed E-state index contributed by atoms with van der Waals surface area (Å²) in [4.78, 5) is 2.64. The van der Waals surface area contributed by atoms with Gasteiger partial charge in [-0.1, -0.05) is 5.11 Å². The molecule has 0 aliphatic heterocycles. The van der Waals surface area contributed by atoms with Gasteiger partial charge in [0.15, 0.2) is 0 Å². The van der Waals surface area contributed by atoms with Gasteiger partial charge in [0, 0.05) is 18.6 Å². The van der Waals surface area contributed by atoms with Gasteiger partial charge >= 0.3 is 0 Å². The molecule has 0 aliphatic rings. The van der Waals surface area contributed by atoms with Gasteiger partial charge in [-0.25, -0.2) is 0 Å². The zero-order valence-corrected chi connectivity index (χ0v) is 13.3. The van der Waals surface area contributed by atoms with Gasteiger partial charge in [-0.3, -0.25) is 0 Å². The van der Waals surface area contributed by atoms with Gasteiger partial charge in [0.25, 0.3) is 0 Å². The number of ether oxygens (including phenoxy) is 5. The highest BCUT2D eigenvalue weighted by molar-refractivity contribution is 5.31. The van der Waals surface area contributed by atoms with Crippen molar-refractivity contribution in [1.29, 1.82) is 0 Å². The minimum atomic E-state index is 0.331. The fourth-order valence-electron chi connectivity index (χ4n) is 1.57. The molecule has 0 radical (unpaired) electrons. The van der Waals surface area contributed by atoms with Crippen LogP contribution in [0.5, 0.6) is 11.5 Å². The number of benzene rings is 1. The number of azide groups is 1. The molecule has 23 heavy (non-hydrogen) atoms. The largest absolute Gasteiger partial charge is 0.491 e. The molecule has 1 aromatic carbocycles. The lowest BCUT2D eigenvalue weighted by Crippen LogP contribution is -2.10. The Morgan fingerprint density at radius 3 is 1.87 bits per heavy atom. The van der Waals surface area contributed by atoms with Crippen LogP contribution in [-0.4, -0.2) is 59.9 Å². The zero-order chi connectivity index (χ0) is 16.6. The number of nitrogens with zero attached hydrogens (tertiary/aromatic N) is 3. The van der Waals surface area contributed by atoms with E-state index in [2.05, 4.69) is 10.0 Å². The van der Waals surface area contributed by atoms with Gasteiger partial charge in [0.05, 0.1) is 33.0 Å². The molecule has 0 heterocycles. The zero-order valence-electron chi connectivity index (χ0n) is 13.3. The highest BCUT2D eigenvalue weighted by Gasteiger charge is 1.97. The third-order valence-electron chi connectivity index (χ3n) is 2.65. The van der Waals surface area contributed by atoms with E-state index in [1.807, 2.05) is 24.3 Å². The topological polar surface area (TPSA) is 94.9 Å². The maximum Gasteiger partial charge on any atom is 0.119 e. The molecule has 1 aromatic rings. The maximum absolute atomic E-state index is 8.10. The predicted octanol–water partition coefficient (Wildman–Crippen LogP) is 2.43. The summed E-state index contributed by atoms with van der Waals surface area (Å²) in [5.74, 6) is 1.51. The molecule has 8 nitrogen and oxygen atoms in total. The molecule has 0 N–H and O–H groups in total. The van der Waals surface area contributed by atoms with Crippen LogP contribution >= 0.6 is 0 Å². The molecule has 0 amide bonds. The van der Waals surface area contributed by atoms with Crippen LogP contribution in [0.3, 0.4) is 0 Å². The summed E-state index contributed by atoms with van der Waals surface area (Å²) in [6.07, 6.45) is 0. The van der Waals surface area contributed by atoms with Crippen LogP contribution < -0.4 is 9.47 Å². The van der Waals surface area contributed by atoms with Crippen molar-refractivity contribution in [1.82, 2.24) is 0 Å². The number of rotatable bonds is 14. The molecule has 0 fully saturated rings. The smallest absolute Gasteiger partial charge is 0.119 e. The summed E-state index contributed by atoms with van der Waals surface area (Å²) in [7, 11) is 1.64. The van der Waals surface area contributed by atoms with Crippen molar-refractivity contribution in [3.05, 3.63) is 34.7 Å². The van der Waals surface area contributed by atoms with Crippen molar-refractivity contribution in [2.24, 2.45) is 5.11 Å². The second-order valence-corrected chi connectivity index (χ2v) is 4.34. The van der Waals surface area contributed by atoms with E-state index in [9.17, 15) is 0 Å². The Bertz CT molecular complexity index is 449. The van der Waals surface area contributed by atoms with Gasteiger partial charge in [-0.15, -0.1) is 0 Å². The third kappa shape index (κ3) is 10.4. The number of hydrogen-bond acceptors (Lipinski definition) is 6. The number of hydrogen-bond donors (Lipinski definition) is 0. The van der Waals surface area contributed by atoms with Crippen LogP contribution in [0, 0.1) is 0 Å². The summed E-state index contributed by atoms with van der Waals surface area (Å²) in [6.45, 7) is 3.77. The Morgan fingerprint density at radius 2 is 1.35 bits per heavy atom. The molecule has 0 saturated carbocycles. The van der Waals surface area contributed by atoms with Crippen molar-refractivity contribution in [2.75, 3.05) is 59.9 Å². The highest BCUT2D eigenvalue weighted by atomic mass is 16.5. The molecule has 8 heteroatoms. The Kier molecular flexibility index (Phi) is 11.3. The van der Waals surface area contributed by atoms with Crippen LogP contribution in [0.25, 0.3) is 10.4 Å². The molecule has 0 aliphatic carbocycles. The summed E-state index contributed by atoms with van der Waals surface area (Å²) in [5, 5.41) is 3.37. The highest BCUT2D eigenvalue weighted by Crippen LogP contribution is 2.17. The van der Waals surface area contributed by atoms with Crippen molar-refractivity contribution < 1.29 is 23.7 Å². The lowest BCUT2D eigenvalue weighted by Gasteiger charge is -2.09. The average molecular weight is 325 g/mol. The van der Waals surface area contributed by atoms with E-state index in [1.54, 1.807) is 7.11 Å². The second-order valence-electron chi connectivity index (χ2n) is 4.34. The standard InChI is InChI=1S/C15H23N3O5/c1-19-8-9-21-11-13-23-15-4-2-14(3-5-15)22-12-10-20-7-6-17-18-16/h2-5H,6-13H2,1H3. The molecule has 0 atom stereocenters. The van der Waals surface area contributed by atoms with E-state index in [0.717, 1.165) is 11.5 Å². The molecular weight excluding hydrogens is 302 g/mol. The van der Waals surface area contributed by atoms with Crippen LogP contribution in [-0.2, 0) is 14.2 Å². The number of methoxy groups -OCH3 is 1. The fourth-order valence-corrected chi connectivity index (χ4v) is 1.57. The first-order valence-electron chi connectivity index (χ1n) is 7.37. The van der Waals surface area contributed by atoms with E-state index in [0.29, 0.717) is 52.8 Å². The molecule has 0 saturated heterocycles. The quantitative estimate of drug-likeness (QED) is 0.226. The molecule has 128 valence electrons. The minimum Gasteiger partial charge on any atom is -0.491 e. The maximum atomic E-state index is 8.10. The average Bonchev–Trinajstić information content (AvgIpc) is 2.58. The van der Waals surface area contributed by atoms with Gasteiger partial charge < -0.3 is 23.7 Å². The van der Waals surface area contributed by atoms with Gasteiger partial charge in [-0.2, -0.15) is 0 Å². The predicted molar refractivity (Wildman–Crippen MR) is 85.0 cm³/mol. The summed E-state index contributed by atoms with van der Waals surface area (Å²) < 4.78 is 26.5. The summed E-state index contributed by atoms with van der Waals surface area (Å²) in [6, 6.07) is 7.35. The van der Waals surface area contributed by atoms with Crippen molar-refractivity contribution in [3.63, 3.8) is 0 Å². The van der Waals surface area contributed by atoms with Gasteiger partial charge in [0.1, 0.15) is 24.7 Å². The van der Waals surface area contributed by atoms with Gasteiger partial charge in [-0.05, 0) is 29.8 Å².